The topological polar surface area (TPSA) is 84.3 Å². The lowest BCUT2D eigenvalue weighted by Crippen LogP contribution is -2.17. The molecule has 17 heavy (non-hydrogen) atoms. The fraction of sp³-hybridized carbons (Fsp3) is 0.600. The Morgan fingerprint density at radius 3 is 2.47 bits per heavy atom. The van der Waals surface area contributed by atoms with Crippen molar-refractivity contribution >= 4 is 27.1 Å². The molecule has 5 nitrogen and oxygen atoms in total. The number of carboxylic acid groups (broad SMARTS) is 1. The summed E-state index contributed by atoms with van der Waals surface area (Å²) in [6.07, 6.45) is 0. The van der Waals surface area contributed by atoms with Crippen molar-refractivity contribution in [1.82, 2.24) is 4.98 Å². The first-order chi connectivity index (χ1) is 7.60. The Kier molecular flexibility index (Phi) is 3.93. The molecule has 0 aromatic carbocycles. The number of aromatic nitrogens is 1. The molecule has 0 aliphatic rings. The predicted octanol–water partition coefficient (Wildman–Crippen LogP) is 1.44. The highest BCUT2D eigenvalue weighted by molar-refractivity contribution is 7.91. The molecular formula is C10H15NO4S2. The van der Waals surface area contributed by atoms with Gasteiger partial charge in [-0.2, -0.15) is 0 Å². The van der Waals surface area contributed by atoms with Gasteiger partial charge >= 0.3 is 5.97 Å². The second kappa shape index (κ2) is 4.73. The van der Waals surface area contributed by atoms with Gasteiger partial charge in [0, 0.05) is 10.8 Å². The van der Waals surface area contributed by atoms with E-state index >= 15 is 0 Å². The highest BCUT2D eigenvalue weighted by atomic mass is 32.2. The van der Waals surface area contributed by atoms with E-state index in [0.29, 0.717) is 5.01 Å². The fourth-order valence-corrected chi connectivity index (χ4v) is 3.68. The van der Waals surface area contributed by atoms with E-state index in [4.69, 9.17) is 5.11 Å². The summed E-state index contributed by atoms with van der Waals surface area (Å²) in [6, 6.07) is 0. The summed E-state index contributed by atoms with van der Waals surface area (Å²) >= 11 is 1.25. The maximum atomic E-state index is 11.5. The van der Waals surface area contributed by atoms with E-state index < -0.39 is 21.6 Å². The van der Waals surface area contributed by atoms with Gasteiger partial charge < -0.3 is 5.11 Å². The average molecular weight is 277 g/mol. The van der Waals surface area contributed by atoms with Crippen LogP contribution in [0.5, 0.6) is 0 Å². The van der Waals surface area contributed by atoms with Crippen LogP contribution < -0.4 is 0 Å². The van der Waals surface area contributed by atoms with E-state index in [-0.39, 0.29) is 11.2 Å². The second-order valence-electron chi connectivity index (χ2n) is 4.80. The Balaban J connectivity index is 2.84. The Morgan fingerprint density at radius 2 is 2.06 bits per heavy atom. The molecule has 0 saturated carbocycles. The van der Waals surface area contributed by atoms with Crippen molar-refractivity contribution in [3.63, 3.8) is 0 Å². The molecule has 0 bridgehead atoms. The molecule has 0 saturated heterocycles. The van der Waals surface area contributed by atoms with Gasteiger partial charge in [0.05, 0.1) is 5.69 Å². The first kappa shape index (κ1) is 14.1. The number of thiazole rings is 1. The summed E-state index contributed by atoms with van der Waals surface area (Å²) in [6.45, 7) is 5.95. The minimum Gasteiger partial charge on any atom is -0.480 e. The lowest BCUT2D eigenvalue weighted by atomic mass is 9.93. The van der Waals surface area contributed by atoms with Crippen molar-refractivity contribution in [2.45, 2.75) is 31.9 Å². The average Bonchev–Trinajstić information content (AvgIpc) is 2.47. The smallest absolute Gasteiger partial charge is 0.318 e. The molecule has 96 valence electrons. The van der Waals surface area contributed by atoms with Gasteiger partial charge in [-0.05, 0) is 0 Å². The van der Waals surface area contributed by atoms with Crippen LogP contribution in [0, 0.1) is 0 Å². The lowest BCUT2D eigenvalue weighted by Gasteiger charge is -2.14. The van der Waals surface area contributed by atoms with Crippen LogP contribution in [0.1, 0.15) is 31.5 Å². The van der Waals surface area contributed by atoms with Crippen molar-refractivity contribution < 1.29 is 18.3 Å². The molecule has 0 amide bonds. The third-order valence-corrected chi connectivity index (χ3v) is 4.44. The van der Waals surface area contributed by atoms with E-state index in [9.17, 15) is 13.2 Å². The highest BCUT2D eigenvalue weighted by Crippen LogP contribution is 2.24. The van der Waals surface area contributed by atoms with Crippen LogP contribution in [0.4, 0.5) is 0 Å². The lowest BCUT2D eigenvalue weighted by molar-refractivity contribution is -0.134. The molecule has 0 aliphatic heterocycles. The molecule has 0 atom stereocenters. The Labute approximate surface area is 104 Å². The number of aliphatic carboxylic acids is 1. The van der Waals surface area contributed by atoms with Crippen LogP contribution in [0.3, 0.4) is 0 Å². The number of hydrogen-bond acceptors (Lipinski definition) is 5. The van der Waals surface area contributed by atoms with Crippen LogP contribution >= 0.6 is 11.3 Å². The van der Waals surface area contributed by atoms with Crippen molar-refractivity contribution in [2.24, 2.45) is 0 Å². The molecule has 1 N–H and O–H groups in total. The quantitative estimate of drug-likeness (QED) is 0.900. The second-order valence-corrected chi connectivity index (χ2v) is 7.81. The molecule has 1 rings (SSSR count). The summed E-state index contributed by atoms with van der Waals surface area (Å²) in [5.74, 6) is -2.49. The highest BCUT2D eigenvalue weighted by Gasteiger charge is 2.21. The van der Waals surface area contributed by atoms with E-state index in [2.05, 4.69) is 4.98 Å². The maximum absolute atomic E-state index is 11.5. The third kappa shape index (κ3) is 4.43. The van der Waals surface area contributed by atoms with E-state index in [1.54, 1.807) is 0 Å². The molecule has 0 fully saturated rings. The Morgan fingerprint density at radius 1 is 1.47 bits per heavy atom. The van der Waals surface area contributed by atoms with Gasteiger partial charge in [-0.25, -0.2) is 13.4 Å². The maximum Gasteiger partial charge on any atom is 0.318 e. The van der Waals surface area contributed by atoms with Gasteiger partial charge in [0.25, 0.3) is 0 Å². The zero-order valence-electron chi connectivity index (χ0n) is 9.93. The number of carboxylic acids is 1. The van der Waals surface area contributed by atoms with Gasteiger partial charge in [0.15, 0.2) is 9.84 Å². The van der Waals surface area contributed by atoms with Gasteiger partial charge in [-0.1, -0.05) is 20.8 Å². The van der Waals surface area contributed by atoms with Crippen molar-refractivity contribution in [2.75, 3.05) is 5.75 Å². The molecule has 1 heterocycles. The zero-order chi connectivity index (χ0) is 13.3. The van der Waals surface area contributed by atoms with Crippen LogP contribution in [0.25, 0.3) is 0 Å². The molecule has 7 heteroatoms. The van der Waals surface area contributed by atoms with Crippen molar-refractivity contribution in [3.8, 4) is 0 Å². The first-order valence-corrected chi connectivity index (χ1v) is 7.67. The number of hydrogen-bond donors (Lipinski definition) is 1. The molecule has 0 aliphatic carbocycles. The SMILES string of the molecule is CC(C)(C)c1csc(CS(=O)(=O)CC(=O)O)n1. The van der Waals surface area contributed by atoms with Crippen LogP contribution in [0.15, 0.2) is 5.38 Å². The summed E-state index contributed by atoms with van der Waals surface area (Å²) in [5.41, 5.74) is 0.689. The molecule has 1 aromatic heterocycles. The van der Waals surface area contributed by atoms with Gasteiger partial charge in [-0.15, -0.1) is 11.3 Å². The van der Waals surface area contributed by atoms with Gasteiger partial charge in [-0.3, -0.25) is 4.79 Å². The summed E-state index contributed by atoms with van der Waals surface area (Å²) in [7, 11) is -3.62. The van der Waals surface area contributed by atoms with Crippen LogP contribution in [0.2, 0.25) is 0 Å². The van der Waals surface area contributed by atoms with E-state index in [1.165, 1.54) is 11.3 Å². The largest absolute Gasteiger partial charge is 0.480 e. The van der Waals surface area contributed by atoms with E-state index in [1.807, 2.05) is 26.2 Å². The molecule has 1 aromatic rings. The number of sulfone groups is 1. The van der Waals surface area contributed by atoms with Gasteiger partial charge in [0.1, 0.15) is 16.5 Å². The van der Waals surface area contributed by atoms with E-state index in [0.717, 1.165) is 5.69 Å². The normalized spacial score (nSPS) is 12.6. The van der Waals surface area contributed by atoms with Crippen molar-refractivity contribution in [1.29, 1.82) is 0 Å². The zero-order valence-corrected chi connectivity index (χ0v) is 11.6. The molecule has 0 spiro atoms. The molecule has 0 radical (unpaired) electrons. The minimum absolute atomic E-state index is 0.134. The summed E-state index contributed by atoms with van der Waals surface area (Å²) in [5, 5.41) is 10.7. The fourth-order valence-electron chi connectivity index (χ4n) is 1.15. The van der Waals surface area contributed by atoms with Crippen LogP contribution in [-0.2, 0) is 25.8 Å². The third-order valence-electron chi connectivity index (χ3n) is 2.01. The number of carbonyl (C=O) groups is 1. The molecular weight excluding hydrogens is 262 g/mol. The summed E-state index contributed by atoms with van der Waals surface area (Å²) in [4.78, 5) is 14.6. The molecule has 0 unspecified atom stereocenters. The number of nitrogens with zero attached hydrogens (tertiary/aromatic N) is 1. The summed E-state index contributed by atoms with van der Waals surface area (Å²) < 4.78 is 22.9. The van der Waals surface area contributed by atoms with Crippen LogP contribution in [-0.4, -0.2) is 30.2 Å². The van der Waals surface area contributed by atoms with Crippen molar-refractivity contribution in [3.05, 3.63) is 16.1 Å². The minimum atomic E-state index is -3.62. The number of rotatable bonds is 4. The Bertz CT molecular complexity index is 511. The standard InChI is InChI=1S/C10H15NO4S2/c1-10(2,3)7-4-16-8(11-7)5-17(14,15)6-9(12)13/h4H,5-6H2,1-3H3,(H,12,13). The predicted molar refractivity (Wildman–Crippen MR) is 65.9 cm³/mol. The Hall–Kier alpha value is -0.950. The van der Waals surface area contributed by atoms with Gasteiger partial charge in [0.2, 0.25) is 0 Å². The monoisotopic (exact) mass is 277 g/mol. The first-order valence-electron chi connectivity index (χ1n) is 4.97.